The predicted molar refractivity (Wildman–Crippen MR) is 132 cm³/mol. The number of halogens is 2. The summed E-state index contributed by atoms with van der Waals surface area (Å²) in [5, 5.41) is 10.3. The van der Waals surface area contributed by atoms with Crippen LogP contribution in [0.1, 0.15) is 48.9 Å². The SMILES string of the molecule is Clc1ccc2cc(C3CCCNC3)[nH]c2n1.Clc1ccnc2[nH]c(C3CCCNC3)cc12. The van der Waals surface area contributed by atoms with Crippen molar-refractivity contribution in [3.8, 4) is 0 Å². The maximum absolute atomic E-state index is 6.13. The van der Waals surface area contributed by atoms with Gasteiger partial charge in [-0.2, -0.15) is 0 Å². The number of pyridine rings is 2. The van der Waals surface area contributed by atoms with Crippen LogP contribution >= 0.6 is 23.2 Å². The Labute approximate surface area is 197 Å². The lowest BCUT2D eigenvalue weighted by Gasteiger charge is -2.21. The summed E-state index contributed by atoms with van der Waals surface area (Å²) in [5.74, 6) is 1.15. The highest BCUT2D eigenvalue weighted by Crippen LogP contribution is 2.29. The molecule has 2 saturated heterocycles. The van der Waals surface area contributed by atoms with Crippen LogP contribution in [0.3, 0.4) is 0 Å². The van der Waals surface area contributed by atoms with Crippen molar-refractivity contribution in [1.82, 2.24) is 30.6 Å². The van der Waals surface area contributed by atoms with Crippen LogP contribution in [-0.4, -0.2) is 46.1 Å². The molecule has 4 aromatic heterocycles. The Bertz CT molecular complexity index is 1190. The number of nitrogens with one attached hydrogen (secondary N) is 4. The number of fused-ring (bicyclic) bond motifs is 2. The molecule has 0 aromatic carbocycles. The molecule has 2 unspecified atom stereocenters. The van der Waals surface area contributed by atoms with Crippen LogP contribution in [0.4, 0.5) is 0 Å². The van der Waals surface area contributed by atoms with E-state index in [2.05, 4.69) is 42.7 Å². The molecule has 2 aliphatic heterocycles. The van der Waals surface area contributed by atoms with Crippen molar-refractivity contribution in [3.63, 3.8) is 0 Å². The van der Waals surface area contributed by atoms with E-state index >= 15 is 0 Å². The molecule has 32 heavy (non-hydrogen) atoms. The van der Waals surface area contributed by atoms with Crippen LogP contribution in [-0.2, 0) is 0 Å². The molecule has 2 atom stereocenters. The van der Waals surface area contributed by atoms with Crippen molar-refractivity contribution in [2.45, 2.75) is 37.5 Å². The predicted octanol–water partition coefficient (Wildman–Crippen LogP) is 5.37. The van der Waals surface area contributed by atoms with Gasteiger partial charge in [0.1, 0.15) is 16.4 Å². The second kappa shape index (κ2) is 9.79. The highest BCUT2D eigenvalue weighted by molar-refractivity contribution is 6.35. The van der Waals surface area contributed by atoms with Crippen molar-refractivity contribution < 1.29 is 0 Å². The third-order valence-electron chi connectivity index (χ3n) is 6.44. The number of aromatic nitrogens is 4. The molecule has 2 fully saturated rings. The van der Waals surface area contributed by atoms with Crippen LogP contribution in [0, 0.1) is 0 Å². The van der Waals surface area contributed by atoms with Gasteiger partial charge < -0.3 is 20.6 Å². The number of hydrogen-bond acceptors (Lipinski definition) is 4. The van der Waals surface area contributed by atoms with Crippen molar-refractivity contribution in [1.29, 1.82) is 0 Å². The molecular formula is C24H28Cl2N6. The van der Waals surface area contributed by atoms with E-state index in [0.717, 1.165) is 53.3 Å². The molecule has 6 rings (SSSR count). The topological polar surface area (TPSA) is 81.4 Å². The summed E-state index contributed by atoms with van der Waals surface area (Å²) in [6.45, 7) is 4.38. The lowest BCUT2D eigenvalue weighted by Crippen LogP contribution is -2.28. The maximum atomic E-state index is 6.13. The summed E-state index contributed by atoms with van der Waals surface area (Å²) in [4.78, 5) is 15.3. The summed E-state index contributed by atoms with van der Waals surface area (Å²) >= 11 is 12.0. The summed E-state index contributed by atoms with van der Waals surface area (Å²) in [5.41, 5.74) is 4.32. The van der Waals surface area contributed by atoms with E-state index < -0.39 is 0 Å². The molecule has 8 heteroatoms. The Hall–Kier alpha value is -2.12. The average molecular weight is 471 g/mol. The van der Waals surface area contributed by atoms with E-state index in [4.69, 9.17) is 23.2 Å². The Morgan fingerprint density at radius 3 is 2.16 bits per heavy atom. The van der Waals surface area contributed by atoms with Crippen LogP contribution < -0.4 is 10.6 Å². The molecule has 0 radical (unpaired) electrons. The lowest BCUT2D eigenvalue weighted by atomic mass is 9.96. The van der Waals surface area contributed by atoms with E-state index in [1.807, 2.05) is 18.2 Å². The Balaban J connectivity index is 0.000000135. The van der Waals surface area contributed by atoms with Gasteiger partial charge in [-0.15, -0.1) is 0 Å². The van der Waals surface area contributed by atoms with Gasteiger partial charge in [-0.05, 0) is 69.1 Å². The van der Waals surface area contributed by atoms with Crippen molar-refractivity contribution in [3.05, 3.63) is 58.1 Å². The first kappa shape index (κ1) is 21.7. The molecule has 4 N–H and O–H groups in total. The number of nitrogens with zero attached hydrogens (tertiary/aromatic N) is 2. The number of piperidine rings is 2. The standard InChI is InChI=1S/2C12H14ClN3/c13-11-4-3-8-6-10(15-12(8)16-11)9-2-1-5-14-7-9;13-10-3-5-15-12-9(10)6-11(16-12)8-2-1-4-14-7-8/h3-4,6,9,14H,1-2,5,7H2,(H,15,16);3,5-6,8,14H,1-2,4,7H2,(H,15,16). The van der Waals surface area contributed by atoms with Crippen molar-refractivity contribution in [2.24, 2.45) is 0 Å². The largest absolute Gasteiger partial charge is 0.343 e. The van der Waals surface area contributed by atoms with E-state index in [9.17, 15) is 0 Å². The highest BCUT2D eigenvalue weighted by Gasteiger charge is 2.18. The Morgan fingerprint density at radius 1 is 0.812 bits per heavy atom. The van der Waals surface area contributed by atoms with E-state index in [1.54, 1.807) is 6.20 Å². The molecule has 0 bridgehead atoms. The average Bonchev–Trinajstić information content (AvgIpc) is 3.46. The molecule has 0 aliphatic carbocycles. The number of aromatic amines is 2. The Morgan fingerprint density at radius 2 is 1.50 bits per heavy atom. The number of rotatable bonds is 2. The maximum Gasteiger partial charge on any atom is 0.139 e. The van der Waals surface area contributed by atoms with Crippen LogP contribution in [0.15, 0.2) is 36.5 Å². The minimum atomic E-state index is 0.544. The smallest absolute Gasteiger partial charge is 0.139 e. The zero-order valence-corrected chi connectivity index (χ0v) is 19.4. The van der Waals surface area contributed by atoms with Gasteiger partial charge in [0.25, 0.3) is 0 Å². The zero-order valence-electron chi connectivity index (χ0n) is 17.9. The van der Waals surface area contributed by atoms with Gasteiger partial charge in [0.15, 0.2) is 0 Å². The zero-order chi connectivity index (χ0) is 21.9. The molecule has 168 valence electrons. The van der Waals surface area contributed by atoms with Gasteiger partial charge in [-0.1, -0.05) is 23.2 Å². The normalized spacial score (nSPS) is 21.4. The number of hydrogen-bond donors (Lipinski definition) is 4. The van der Waals surface area contributed by atoms with Crippen molar-refractivity contribution >= 4 is 45.3 Å². The first-order valence-electron chi connectivity index (χ1n) is 11.4. The van der Waals surface area contributed by atoms with Gasteiger partial charge in [-0.3, -0.25) is 0 Å². The molecule has 0 saturated carbocycles. The van der Waals surface area contributed by atoms with Gasteiger partial charge >= 0.3 is 0 Å². The first-order chi connectivity index (χ1) is 15.7. The monoisotopic (exact) mass is 470 g/mol. The fraction of sp³-hybridized carbons (Fsp3) is 0.417. The second-order valence-electron chi connectivity index (χ2n) is 8.66. The first-order valence-corrected chi connectivity index (χ1v) is 12.1. The second-order valence-corrected chi connectivity index (χ2v) is 9.46. The van der Waals surface area contributed by atoms with Crippen LogP contribution in [0.25, 0.3) is 22.1 Å². The fourth-order valence-corrected chi connectivity index (χ4v) is 5.04. The van der Waals surface area contributed by atoms with E-state index in [-0.39, 0.29) is 0 Å². The fourth-order valence-electron chi connectivity index (χ4n) is 4.69. The van der Waals surface area contributed by atoms with E-state index in [1.165, 1.54) is 37.1 Å². The summed E-state index contributed by atoms with van der Waals surface area (Å²) < 4.78 is 0. The van der Waals surface area contributed by atoms with Gasteiger partial charge in [0.05, 0.1) is 5.02 Å². The molecule has 0 amide bonds. The van der Waals surface area contributed by atoms with Gasteiger partial charge in [0.2, 0.25) is 0 Å². The lowest BCUT2D eigenvalue weighted by molar-refractivity contribution is 0.456. The van der Waals surface area contributed by atoms with Crippen molar-refractivity contribution in [2.75, 3.05) is 26.2 Å². The summed E-state index contributed by atoms with van der Waals surface area (Å²) in [7, 11) is 0. The van der Waals surface area contributed by atoms with E-state index in [0.29, 0.717) is 17.0 Å². The molecule has 6 nitrogen and oxygen atoms in total. The quantitative estimate of drug-likeness (QED) is 0.297. The summed E-state index contributed by atoms with van der Waals surface area (Å²) in [6, 6.07) is 10.0. The van der Waals surface area contributed by atoms with Crippen LogP contribution in [0.5, 0.6) is 0 Å². The minimum Gasteiger partial charge on any atom is -0.343 e. The molecule has 2 aliphatic rings. The molecule has 0 spiro atoms. The van der Waals surface area contributed by atoms with Gasteiger partial charge in [-0.25, -0.2) is 9.97 Å². The summed E-state index contributed by atoms with van der Waals surface area (Å²) in [6.07, 6.45) is 6.70. The Kier molecular flexibility index (Phi) is 6.64. The molecular weight excluding hydrogens is 443 g/mol. The minimum absolute atomic E-state index is 0.544. The third kappa shape index (κ3) is 4.79. The van der Waals surface area contributed by atoms with Crippen LogP contribution in [0.2, 0.25) is 10.2 Å². The van der Waals surface area contributed by atoms with Gasteiger partial charge in [0, 0.05) is 53.3 Å². The third-order valence-corrected chi connectivity index (χ3v) is 6.98. The molecule has 6 heterocycles. The molecule has 4 aromatic rings. The number of H-pyrrole nitrogens is 2. The highest BCUT2D eigenvalue weighted by atomic mass is 35.5.